The number of hydrogen-bond donors (Lipinski definition) is 0. The lowest BCUT2D eigenvalue weighted by atomic mass is 10.2. The normalized spacial score (nSPS) is 14.9. The van der Waals surface area contributed by atoms with E-state index in [0.29, 0.717) is 47.6 Å². The Balaban J connectivity index is 1.66. The van der Waals surface area contributed by atoms with Crippen molar-refractivity contribution in [3.8, 4) is 0 Å². The second-order valence-electron chi connectivity index (χ2n) is 5.25. The molecule has 4 nitrogen and oxygen atoms in total. The molecule has 1 fully saturated rings. The van der Waals surface area contributed by atoms with Crippen LogP contribution in [-0.4, -0.2) is 42.0 Å². The Morgan fingerprint density at radius 1 is 1.09 bits per heavy atom. The quantitative estimate of drug-likeness (QED) is 0.829. The lowest BCUT2D eigenvalue weighted by molar-refractivity contribution is 0.0746. The number of halogens is 3. The minimum Gasteiger partial charge on any atom is -0.352 e. The highest BCUT2D eigenvalue weighted by Crippen LogP contribution is 2.26. The van der Waals surface area contributed by atoms with Crippen LogP contribution >= 0.6 is 23.2 Å². The summed E-state index contributed by atoms with van der Waals surface area (Å²) < 4.78 is 12.9. The predicted octanol–water partition coefficient (Wildman–Crippen LogP) is 3.49. The number of pyridine rings is 1. The van der Waals surface area contributed by atoms with Gasteiger partial charge >= 0.3 is 0 Å². The van der Waals surface area contributed by atoms with Crippen molar-refractivity contribution in [2.45, 2.75) is 0 Å². The Labute approximate surface area is 143 Å². The third kappa shape index (κ3) is 3.57. The van der Waals surface area contributed by atoms with Gasteiger partial charge in [0, 0.05) is 37.9 Å². The molecule has 1 saturated heterocycles. The van der Waals surface area contributed by atoms with Gasteiger partial charge in [-0.3, -0.25) is 4.79 Å². The van der Waals surface area contributed by atoms with Crippen LogP contribution < -0.4 is 4.90 Å². The molecule has 3 rings (SSSR count). The minimum absolute atomic E-state index is 0.0974. The average molecular weight is 354 g/mol. The van der Waals surface area contributed by atoms with Crippen LogP contribution in [0, 0.1) is 5.82 Å². The lowest BCUT2D eigenvalue weighted by Crippen LogP contribution is -2.49. The monoisotopic (exact) mass is 353 g/mol. The summed E-state index contributed by atoms with van der Waals surface area (Å²) >= 11 is 12.0. The second kappa shape index (κ2) is 6.72. The van der Waals surface area contributed by atoms with Crippen LogP contribution in [0.5, 0.6) is 0 Å². The SMILES string of the molecule is O=C(c1ccc(F)cc1)N1CCN(c2ncc(Cl)cc2Cl)CC1. The summed E-state index contributed by atoms with van der Waals surface area (Å²) in [5, 5.41) is 0.986. The van der Waals surface area contributed by atoms with E-state index in [2.05, 4.69) is 4.98 Å². The highest BCUT2D eigenvalue weighted by Gasteiger charge is 2.24. The van der Waals surface area contributed by atoms with Crippen molar-refractivity contribution < 1.29 is 9.18 Å². The van der Waals surface area contributed by atoms with E-state index in [-0.39, 0.29) is 11.7 Å². The molecule has 0 saturated carbocycles. The fraction of sp³-hybridized carbons (Fsp3) is 0.250. The van der Waals surface area contributed by atoms with Crippen LogP contribution in [0.1, 0.15) is 10.4 Å². The number of nitrogens with zero attached hydrogens (tertiary/aromatic N) is 3. The summed E-state index contributed by atoms with van der Waals surface area (Å²) in [6.45, 7) is 2.36. The molecule has 0 spiro atoms. The summed E-state index contributed by atoms with van der Waals surface area (Å²) in [6.07, 6.45) is 1.55. The summed E-state index contributed by atoms with van der Waals surface area (Å²) in [4.78, 5) is 20.4. The first-order valence-electron chi connectivity index (χ1n) is 7.15. The number of carbonyl (C=O) groups excluding carboxylic acids is 1. The van der Waals surface area contributed by atoms with Gasteiger partial charge in [-0.2, -0.15) is 0 Å². The molecular formula is C16H14Cl2FN3O. The van der Waals surface area contributed by atoms with Crippen LogP contribution in [0.2, 0.25) is 10.0 Å². The zero-order chi connectivity index (χ0) is 16.4. The molecule has 7 heteroatoms. The highest BCUT2D eigenvalue weighted by molar-refractivity contribution is 6.36. The van der Waals surface area contributed by atoms with Crippen LogP contribution in [0.25, 0.3) is 0 Å². The second-order valence-corrected chi connectivity index (χ2v) is 6.09. The van der Waals surface area contributed by atoms with E-state index >= 15 is 0 Å². The molecular weight excluding hydrogens is 340 g/mol. The van der Waals surface area contributed by atoms with Gasteiger partial charge in [-0.25, -0.2) is 9.37 Å². The van der Waals surface area contributed by atoms with E-state index in [1.807, 2.05) is 4.90 Å². The predicted molar refractivity (Wildman–Crippen MR) is 88.8 cm³/mol. The van der Waals surface area contributed by atoms with Gasteiger partial charge in [-0.05, 0) is 30.3 Å². The number of aromatic nitrogens is 1. The molecule has 1 aromatic carbocycles. The Morgan fingerprint density at radius 3 is 2.35 bits per heavy atom. The fourth-order valence-electron chi connectivity index (χ4n) is 2.54. The van der Waals surface area contributed by atoms with E-state index in [1.165, 1.54) is 24.3 Å². The van der Waals surface area contributed by atoms with Gasteiger partial charge in [0.15, 0.2) is 0 Å². The first-order chi connectivity index (χ1) is 11.0. The van der Waals surface area contributed by atoms with Crippen LogP contribution in [-0.2, 0) is 0 Å². The van der Waals surface area contributed by atoms with E-state index < -0.39 is 0 Å². The molecule has 120 valence electrons. The van der Waals surface area contributed by atoms with Crippen LogP contribution in [0.3, 0.4) is 0 Å². The van der Waals surface area contributed by atoms with Gasteiger partial charge in [0.05, 0.1) is 10.0 Å². The number of amides is 1. The standard InChI is InChI=1S/C16H14Cl2FN3O/c17-12-9-14(18)15(20-10-12)21-5-7-22(8-6-21)16(23)11-1-3-13(19)4-2-11/h1-4,9-10H,5-8H2. The molecule has 1 amide bonds. The lowest BCUT2D eigenvalue weighted by Gasteiger charge is -2.35. The van der Waals surface area contributed by atoms with Crippen molar-refractivity contribution in [3.63, 3.8) is 0 Å². The maximum Gasteiger partial charge on any atom is 0.253 e. The average Bonchev–Trinajstić information content (AvgIpc) is 2.55. The zero-order valence-electron chi connectivity index (χ0n) is 12.2. The smallest absolute Gasteiger partial charge is 0.253 e. The van der Waals surface area contributed by atoms with E-state index in [9.17, 15) is 9.18 Å². The maximum atomic E-state index is 12.9. The van der Waals surface area contributed by atoms with Crippen molar-refractivity contribution in [1.29, 1.82) is 0 Å². The van der Waals surface area contributed by atoms with Crippen LogP contribution in [0.15, 0.2) is 36.5 Å². The molecule has 0 atom stereocenters. The highest BCUT2D eigenvalue weighted by atomic mass is 35.5. The van der Waals surface area contributed by atoms with Gasteiger partial charge in [-0.15, -0.1) is 0 Å². The van der Waals surface area contributed by atoms with Crippen molar-refractivity contribution in [3.05, 3.63) is 58.0 Å². The molecule has 2 aromatic rings. The summed E-state index contributed by atoms with van der Waals surface area (Å²) in [6, 6.07) is 7.24. The summed E-state index contributed by atoms with van der Waals surface area (Å²) in [5.74, 6) is 0.222. The van der Waals surface area contributed by atoms with Gasteiger partial charge in [-0.1, -0.05) is 23.2 Å². The molecule has 1 aliphatic rings. The molecule has 1 aromatic heterocycles. The largest absolute Gasteiger partial charge is 0.352 e. The minimum atomic E-state index is -0.352. The number of rotatable bonds is 2. The Morgan fingerprint density at radius 2 is 1.74 bits per heavy atom. The topological polar surface area (TPSA) is 36.4 Å². The Kier molecular flexibility index (Phi) is 4.68. The van der Waals surface area contributed by atoms with Gasteiger partial charge in [0.1, 0.15) is 11.6 Å². The van der Waals surface area contributed by atoms with Gasteiger partial charge in [0.2, 0.25) is 0 Å². The van der Waals surface area contributed by atoms with E-state index in [0.717, 1.165) is 0 Å². The molecule has 0 radical (unpaired) electrons. The molecule has 23 heavy (non-hydrogen) atoms. The Hall–Kier alpha value is -1.85. The molecule has 0 bridgehead atoms. The third-order valence-electron chi connectivity index (χ3n) is 3.75. The fourth-order valence-corrected chi connectivity index (χ4v) is 3.04. The van der Waals surface area contributed by atoms with Gasteiger partial charge in [0.25, 0.3) is 5.91 Å². The maximum absolute atomic E-state index is 12.9. The summed E-state index contributed by atoms with van der Waals surface area (Å²) in [7, 11) is 0. The van der Waals surface area contributed by atoms with Crippen molar-refractivity contribution in [1.82, 2.24) is 9.88 Å². The van der Waals surface area contributed by atoms with Crippen molar-refractivity contribution >= 4 is 34.9 Å². The molecule has 0 unspecified atom stereocenters. The van der Waals surface area contributed by atoms with E-state index in [1.54, 1.807) is 17.2 Å². The molecule has 0 aliphatic carbocycles. The van der Waals surface area contributed by atoms with Gasteiger partial charge < -0.3 is 9.80 Å². The number of benzene rings is 1. The molecule has 2 heterocycles. The van der Waals surface area contributed by atoms with E-state index in [4.69, 9.17) is 23.2 Å². The third-order valence-corrected chi connectivity index (χ3v) is 4.23. The molecule has 0 N–H and O–H groups in total. The number of anilines is 1. The number of carbonyl (C=O) groups is 1. The molecule has 1 aliphatic heterocycles. The first-order valence-corrected chi connectivity index (χ1v) is 7.91. The van der Waals surface area contributed by atoms with Crippen molar-refractivity contribution in [2.75, 3.05) is 31.1 Å². The number of hydrogen-bond acceptors (Lipinski definition) is 3. The van der Waals surface area contributed by atoms with Crippen LogP contribution in [0.4, 0.5) is 10.2 Å². The summed E-state index contributed by atoms with van der Waals surface area (Å²) in [5.41, 5.74) is 0.488. The first kappa shape index (κ1) is 16.0. The zero-order valence-corrected chi connectivity index (χ0v) is 13.7. The number of piperazine rings is 1. The Bertz CT molecular complexity index is 716. The van der Waals surface area contributed by atoms with Crippen molar-refractivity contribution in [2.24, 2.45) is 0 Å².